The molecule has 1 aromatic heterocycles. The number of rotatable bonds is 4. The molecule has 0 aliphatic heterocycles. The zero-order valence-electron chi connectivity index (χ0n) is 9.87. The lowest BCUT2D eigenvalue weighted by Crippen LogP contribution is -2.34. The molecule has 0 spiro atoms. The van der Waals surface area contributed by atoms with Crippen LogP contribution in [0.1, 0.15) is 5.56 Å². The van der Waals surface area contributed by atoms with Gasteiger partial charge in [-0.3, -0.25) is 5.73 Å². The smallest absolute Gasteiger partial charge is 0.297 e. The lowest BCUT2D eigenvalue weighted by atomic mass is 10.2. The average molecular weight is 247 g/mol. The minimum atomic E-state index is 0.0312. The zero-order chi connectivity index (χ0) is 13.0. The maximum absolute atomic E-state index is 11.1. The molecule has 2 aromatic rings. The molecule has 2 rings (SSSR count). The van der Waals surface area contributed by atoms with Crippen LogP contribution in [0.3, 0.4) is 0 Å². The molecule has 2 N–H and O–H groups in total. The number of hydrogen-bond acceptors (Lipinski definition) is 5. The number of hydrogen-bond donors (Lipinski definition) is 1. The van der Waals surface area contributed by atoms with Crippen LogP contribution in [0.25, 0.3) is 0 Å². The first-order valence-corrected chi connectivity index (χ1v) is 5.31. The number of anilines is 1. The standard InChI is InChI=1S/C12H13N3O3/c1-17-10-4-2-3-9(7-10)8-18-12-6-5-11(13)15(16)14-12/h2-7H,8,13H2,1H3. The van der Waals surface area contributed by atoms with E-state index in [1.807, 2.05) is 24.3 Å². The molecule has 0 saturated heterocycles. The molecule has 0 fully saturated rings. The molecule has 0 aliphatic rings. The summed E-state index contributed by atoms with van der Waals surface area (Å²) in [5.74, 6) is 1.01. The Bertz CT molecular complexity index is 546. The summed E-state index contributed by atoms with van der Waals surface area (Å²) in [5, 5.41) is 14.7. The molecule has 0 amide bonds. The second-order valence-corrected chi connectivity index (χ2v) is 3.61. The molecule has 6 nitrogen and oxygen atoms in total. The van der Waals surface area contributed by atoms with Crippen molar-refractivity contribution in [2.45, 2.75) is 6.61 Å². The number of nitrogen functional groups attached to an aromatic ring is 1. The van der Waals surface area contributed by atoms with Crippen LogP contribution in [0.5, 0.6) is 11.6 Å². The third-order valence-electron chi connectivity index (χ3n) is 2.33. The Hall–Kier alpha value is -2.50. The van der Waals surface area contributed by atoms with E-state index in [1.54, 1.807) is 13.2 Å². The zero-order valence-corrected chi connectivity index (χ0v) is 9.87. The van der Waals surface area contributed by atoms with Gasteiger partial charge in [0.15, 0.2) is 0 Å². The molecule has 1 aromatic carbocycles. The highest BCUT2D eigenvalue weighted by Crippen LogP contribution is 2.14. The number of methoxy groups -OCH3 is 1. The van der Waals surface area contributed by atoms with Crippen molar-refractivity contribution in [2.75, 3.05) is 12.8 Å². The summed E-state index contributed by atoms with van der Waals surface area (Å²) in [7, 11) is 1.60. The van der Waals surface area contributed by atoms with Gasteiger partial charge in [-0.1, -0.05) is 12.1 Å². The van der Waals surface area contributed by atoms with Gasteiger partial charge >= 0.3 is 0 Å². The summed E-state index contributed by atoms with van der Waals surface area (Å²) >= 11 is 0. The van der Waals surface area contributed by atoms with Crippen LogP contribution in [0.15, 0.2) is 36.4 Å². The molecule has 0 radical (unpaired) electrons. The maximum atomic E-state index is 11.1. The highest BCUT2D eigenvalue weighted by Gasteiger charge is 2.03. The lowest BCUT2D eigenvalue weighted by molar-refractivity contribution is -0.655. The second-order valence-electron chi connectivity index (χ2n) is 3.61. The van der Waals surface area contributed by atoms with Crippen LogP contribution in [-0.2, 0) is 6.61 Å². The van der Waals surface area contributed by atoms with Crippen LogP contribution in [0, 0.1) is 5.21 Å². The predicted octanol–water partition coefficient (Wildman–Crippen LogP) is 0.885. The van der Waals surface area contributed by atoms with Gasteiger partial charge in [-0.2, -0.15) is 0 Å². The summed E-state index contributed by atoms with van der Waals surface area (Å²) in [5.41, 5.74) is 6.27. The van der Waals surface area contributed by atoms with E-state index in [-0.39, 0.29) is 11.7 Å². The third-order valence-corrected chi connectivity index (χ3v) is 2.33. The highest BCUT2D eigenvalue weighted by atomic mass is 16.5. The molecule has 0 saturated carbocycles. The van der Waals surface area contributed by atoms with E-state index < -0.39 is 0 Å². The fourth-order valence-corrected chi connectivity index (χ4v) is 1.40. The van der Waals surface area contributed by atoms with Crippen LogP contribution in [0.4, 0.5) is 5.82 Å². The van der Waals surface area contributed by atoms with E-state index in [4.69, 9.17) is 15.2 Å². The molecular weight excluding hydrogens is 234 g/mol. The van der Waals surface area contributed by atoms with Gasteiger partial charge in [0.05, 0.1) is 7.11 Å². The largest absolute Gasteiger partial charge is 0.691 e. The summed E-state index contributed by atoms with van der Waals surface area (Å²) in [4.78, 5) is 0.320. The summed E-state index contributed by atoms with van der Waals surface area (Å²) in [6.45, 7) is 0.300. The molecule has 0 bridgehead atoms. The summed E-state index contributed by atoms with van der Waals surface area (Å²) in [6, 6.07) is 10.4. The van der Waals surface area contributed by atoms with Gasteiger partial charge in [-0.15, -0.1) is 4.85 Å². The minimum Gasteiger partial charge on any atom is -0.691 e. The lowest BCUT2D eigenvalue weighted by Gasteiger charge is -2.08. The SMILES string of the molecule is COc1cccc(COc2ccc(N)[n+]([O-])n2)c1. The van der Waals surface area contributed by atoms with Crippen LogP contribution in [-0.4, -0.2) is 12.2 Å². The van der Waals surface area contributed by atoms with Gasteiger partial charge in [0.25, 0.3) is 11.7 Å². The van der Waals surface area contributed by atoms with Gasteiger partial charge in [0, 0.05) is 12.1 Å². The van der Waals surface area contributed by atoms with Gasteiger partial charge < -0.3 is 14.7 Å². The number of nitrogens with two attached hydrogens (primary N) is 1. The summed E-state index contributed by atoms with van der Waals surface area (Å²) < 4.78 is 10.5. The Balaban J connectivity index is 2.04. The van der Waals surface area contributed by atoms with Gasteiger partial charge in [0.2, 0.25) is 0 Å². The number of benzene rings is 1. The number of aromatic nitrogens is 2. The van der Waals surface area contributed by atoms with Gasteiger partial charge in [-0.25, -0.2) is 0 Å². The van der Waals surface area contributed by atoms with Crippen LogP contribution in [0.2, 0.25) is 0 Å². The first kappa shape index (κ1) is 12.0. The normalized spacial score (nSPS) is 10.1. The van der Waals surface area contributed by atoms with Gasteiger partial charge in [0.1, 0.15) is 12.4 Å². The number of nitrogens with zero attached hydrogens (tertiary/aromatic N) is 2. The van der Waals surface area contributed by atoms with E-state index in [1.165, 1.54) is 6.07 Å². The van der Waals surface area contributed by atoms with Crippen molar-refractivity contribution < 1.29 is 14.3 Å². The molecule has 0 unspecified atom stereocenters. The fraction of sp³-hybridized carbons (Fsp3) is 0.167. The Morgan fingerprint density at radius 1 is 1.33 bits per heavy atom. The molecule has 18 heavy (non-hydrogen) atoms. The molecule has 6 heteroatoms. The van der Waals surface area contributed by atoms with E-state index in [2.05, 4.69) is 5.10 Å². The molecule has 0 aliphatic carbocycles. The molecular formula is C12H13N3O3. The second kappa shape index (κ2) is 5.22. The van der Waals surface area contributed by atoms with Crippen molar-refractivity contribution in [1.29, 1.82) is 0 Å². The van der Waals surface area contributed by atoms with Crippen molar-refractivity contribution in [3.63, 3.8) is 0 Å². The Kier molecular flexibility index (Phi) is 3.47. The van der Waals surface area contributed by atoms with Crippen molar-refractivity contribution >= 4 is 5.82 Å². The monoisotopic (exact) mass is 247 g/mol. The van der Waals surface area contributed by atoms with Crippen LogP contribution >= 0.6 is 0 Å². The number of ether oxygens (including phenoxy) is 2. The molecule has 94 valence electrons. The molecule has 1 heterocycles. The first-order valence-electron chi connectivity index (χ1n) is 5.31. The highest BCUT2D eigenvalue weighted by molar-refractivity contribution is 5.28. The predicted molar refractivity (Wildman–Crippen MR) is 64.9 cm³/mol. The van der Waals surface area contributed by atoms with E-state index in [0.29, 0.717) is 11.5 Å². The third kappa shape index (κ3) is 2.79. The van der Waals surface area contributed by atoms with Crippen molar-refractivity contribution in [3.8, 4) is 11.6 Å². The first-order chi connectivity index (χ1) is 8.69. The Labute approximate surface area is 104 Å². The van der Waals surface area contributed by atoms with E-state index >= 15 is 0 Å². The minimum absolute atomic E-state index is 0.0312. The Morgan fingerprint density at radius 2 is 2.17 bits per heavy atom. The average Bonchev–Trinajstić information content (AvgIpc) is 2.40. The summed E-state index contributed by atoms with van der Waals surface area (Å²) in [6.07, 6.45) is 0. The van der Waals surface area contributed by atoms with E-state index in [9.17, 15) is 5.21 Å². The maximum Gasteiger partial charge on any atom is 0.297 e. The van der Waals surface area contributed by atoms with Crippen LogP contribution < -0.4 is 20.1 Å². The Morgan fingerprint density at radius 3 is 2.89 bits per heavy atom. The van der Waals surface area contributed by atoms with Crippen molar-refractivity contribution in [2.24, 2.45) is 0 Å². The van der Waals surface area contributed by atoms with Crippen molar-refractivity contribution in [3.05, 3.63) is 47.2 Å². The van der Waals surface area contributed by atoms with Gasteiger partial charge in [-0.05, 0) is 22.8 Å². The topological polar surface area (TPSA) is 84.3 Å². The van der Waals surface area contributed by atoms with Crippen molar-refractivity contribution in [1.82, 2.24) is 5.10 Å². The van der Waals surface area contributed by atoms with E-state index in [0.717, 1.165) is 11.3 Å². The fourth-order valence-electron chi connectivity index (χ4n) is 1.40. The quantitative estimate of drug-likeness (QED) is 0.640. The molecule has 0 atom stereocenters.